The Labute approximate surface area is 120 Å². The van der Waals surface area contributed by atoms with E-state index < -0.39 is 0 Å². The number of pyridine rings is 1. The Morgan fingerprint density at radius 2 is 2.25 bits per heavy atom. The maximum Gasteiger partial charge on any atom is 0.226 e. The van der Waals surface area contributed by atoms with Gasteiger partial charge >= 0.3 is 0 Å². The van der Waals surface area contributed by atoms with Crippen molar-refractivity contribution in [3.8, 4) is 0 Å². The standard InChI is InChI=1S/C15H24N4O/c1-2-6-12(16)11-14(20)18-13-7-5-8-17-15(13)19-9-3-4-10-19/h5,7-8,12H,2-4,6,9-11,16H2,1H3,(H,18,20). The molecule has 1 amide bonds. The van der Waals surface area contributed by atoms with Crippen LogP contribution in [0.15, 0.2) is 18.3 Å². The Kier molecular flexibility index (Phi) is 5.35. The van der Waals surface area contributed by atoms with E-state index in [1.54, 1.807) is 6.20 Å². The Morgan fingerprint density at radius 3 is 2.95 bits per heavy atom. The van der Waals surface area contributed by atoms with Crippen LogP contribution < -0.4 is 16.0 Å². The van der Waals surface area contributed by atoms with Gasteiger partial charge in [0, 0.05) is 31.7 Å². The van der Waals surface area contributed by atoms with Crippen molar-refractivity contribution in [2.45, 2.75) is 45.1 Å². The fraction of sp³-hybridized carbons (Fsp3) is 0.600. The number of carbonyl (C=O) groups excluding carboxylic acids is 1. The van der Waals surface area contributed by atoms with Crippen molar-refractivity contribution in [2.24, 2.45) is 5.73 Å². The van der Waals surface area contributed by atoms with E-state index in [0.717, 1.165) is 37.4 Å². The molecule has 1 fully saturated rings. The third kappa shape index (κ3) is 3.93. The molecular weight excluding hydrogens is 252 g/mol. The van der Waals surface area contributed by atoms with Crippen molar-refractivity contribution >= 4 is 17.4 Å². The van der Waals surface area contributed by atoms with E-state index in [9.17, 15) is 4.79 Å². The van der Waals surface area contributed by atoms with Gasteiger partial charge in [-0.3, -0.25) is 4.79 Å². The van der Waals surface area contributed by atoms with Crippen LogP contribution in [-0.2, 0) is 4.79 Å². The van der Waals surface area contributed by atoms with Gasteiger partial charge in [-0.15, -0.1) is 0 Å². The molecule has 1 aliphatic rings. The highest BCUT2D eigenvalue weighted by atomic mass is 16.1. The van der Waals surface area contributed by atoms with Crippen molar-refractivity contribution in [2.75, 3.05) is 23.3 Å². The average Bonchev–Trinajstić information content (AvgIpc) is 2.93. The summed E-state index contributed by atoms with van der Waals surface area (Å²) in [6, 6.07) is 3.69. The van der Waals surface area contributed by atoms with Crippen LogP contribution >= 0.6 is 0 Å². The number of anilines is 2. The maximum atomic E-state index is 12.0. The van der Waals surface area contributed by atoms with E-state index >= 15 is 0 Å². The molecule has 0 radical (unpaired) electrons. The van der Waals surface area contributed by atoms with E-state index in [1.165, 1.54) is 12.8 Å². The number of amides is 1. The second-order valence-electron chi connectivity index (χ2n) is 5.37. The molecule has 1 aromatic heterocycles. The molecule has 5 nitrogen and oxygen atoms in total. The minimum atomic E-state index is -0.0630. The monoisotopic (exact) mass is 276 g/mol. The van der Waals surface area contributed by atoms with E-state index in [-0.39, 0.29) is 11.9 Å². The van der Waals surface area contributed by atoms with Gasteiger partial charge in [0.05, 0.1) is 5.69 Å². The van der Waals surface area contributed by atoms with Gasteiger partial charge in [-0.2, -0.15) is 0 Å². The van der Waals surface area contributed by atoms with Crippen LogP contribution in [0.25, 0.3) is 0 Å². The summed E-state index contributed by atoms with van der Waals surface area (Å²) in [5.74, 6) is 0.849. The Morgan fingerprint density at radius 1 is 1.50 bits per heavy atom. The summed E-state index contributed by atoms with van der Waals surface area (Å²) in [5.41, 5.74) is 6.71. The number of aromatic nitrogens is 1. The molecule has 0 saturated carbocycles. The van der Waals surface area contributed by atoms with Gasteiger partial charge in [0.2, 0.25) is 5.91 Å². The first-order valence-electron chi connectivity index (χ1n) is 7.46. The van der Waals surface area contributed by atoms with Gasteiger partial charge in [0.1, 0.15) is 0 Å². The zero-order valence-electron chi connectivity index (χ0n) is 12.1. The lowest BCUT2D eigenvalue weighted by Gasteiger charge is -2.20. The van der Waals surface area contributed by atoms with Crippen LogP contribution in [0.3, 0.4) is 0 Å². The molecule has 0 aromatic carbocycles. The number of rotatable bonds is 6. The number of hydrogen-bond acceptors (Lipinski definition) is 4. The Hall–Kier alpha value is -1.62. The number of nitrogens with one attached hydrogen (secondary N) is 1. The zero-order valence-corrected chi connectivity index (χ0v) is 12.1. The Bertz CT molecular complexity index is 443. The molecule has 1 aliphatic heterocycles. The molecule has 5 heteroatoms. The molecule has 3 N–H and O–H groups in total. The van der Waals surface area contributed by atoms with Crippen LogP contribution in [0.5, 0.6) is 0 Å². The smallest absolute Gasteiger partial charge is 0.226 e. The fourth-order valence-corrected chi connectivity index (χ4v) is 2.59. The molecule has 1 atom stereocenters. The van der Waals surface area contributed by atoms with Crippen LogP contribution in [-0.4, -0.2) is 30.0 Å². The number of nitrogens with zero attached hydrogens (tertiary/aromatic N) is 2. The van der Waals surface area contributed by atoms with E-state index in [0.29, 0.717) is 6.42 Å². The molecular formula is C15H24N4O. The van der Waals surface area contributed by atoms with E-state index in [4.69, 9.17) is 5.73 Å². The number of carbonyl (C=O) groups is 1. The van der Waals surface area contributed by atoms with Gasteiger partial charge < -0.3 is 16.0 Å². The van der Waals surface area contributed by atoms with Crippen LogP contribution in [0.1, 0.15) is 39.0 Å². The maximum absolute atomic E-state index is 12.0. The lowest BCUT2D eigenvalue weighted by Crippen LogP contribution is -2.28. The van der Waals surface area contributed by atoms with E-state index in [1.807, 2.05) is 12.1 Å². The highest BCUT2D eigenvalue weighted by Crippen LogP contribution is 2.26. The lowest BCUT2D eigenvalue weighted by molar-refractivity contribution is -0.116. The first-order valence-corrected chi connectivity index (χ1v) is 7.46. The highest BCUT2D eigenvalue weighted by Gasteiger charge is 2.18. The SMILES string of the molecule is CCCC(N)CC(=O)Nc1cccnc1N1CCCC1. The number of nitrogens with two attached hydrogens (primary N) is 1. The third-order valence-corrected chi connectivity index (χ3v) is 3.57. The second kappa shape index (κ2) is 7.24. The first kappa shape index (κ1) is 14.8. The minimum absolute atomic E-state index is 0.0283. The molecule has 1 unspecified atom stereocenters. The van der Waals surface area contributed by atoms with Crippen molar-refractivity contribution < 1.29 is 4.79 Å². The van der Waals surface area contributed by atoms with Gasteiger partial charge in [0.15, 0.2) is 5.82 Å². The summed E-state index contributed by atoms with van der Waals surface area (Å²) in [7, 11) is 0. The van der Waals surface area contributed by atoms with Gasteiger partial charge in [-0.25, -0.2) is 4.98 Å². The second-order valence-corrected chi connectivity index (χ2v) is 5.37. The zero-order chi connectivity index (χ0) is 14.4. The molecule has 1 aromatic rings. The summed E-state index contributed by atoms with van der Waals surface area (Å²) in [6.07, 6.45) is 6.38. The minimum Gasteiger partial charge on any atom is -0.355 e. The van der Waals surface area contributed by atoms with Crippen LogP contribution in [0.4, 0.5) is 11.5 Å². The van der Waals surface area contributed by atoms with Crippen LogP contribution in [0, 0.1) is 0 Å². The predicted octanol–water partition coefficient (Wildman–Crippen LogP) is 2.14. The topological polar surface area (TPSA) is 71.2 Å². The molecule has 0 bridgehead atoms. The summed E-state index contributed by atoms with van der Waals surface area (Å²) in [6.45, 7) is 4.09. The predicted molar refractivity (Wildman–Crippen MR) is 81.8 cm³/mol. The Balaban J connectivity index is 1.99. The molecule has 110 valence electrons. The van der Waals surface area contributed by atoms with Crippen molar-refractivity contribution in [1.29, 1.82) is 0 Å². The molecule has 0 spiro atoms. The summed E-state index contributed by atoms with van der Waals surface area (Å²) in [5, 5.41) is 2.95. The first-order chi connectivity index (χ1) is 9.70. The summed E-state index contributed by atoms with van der Waals surface area (Å²) < 4.78 is 0. The van der Waals surface area contributed by atoms with Crippen molar-refractivity contribution in [3.05, 3.63) is 18.3 Å². The molecule has 2 rings (SSSR count). The largest absolute Gasteiger partial charge is 0.355 e. The molecule has 1 saturated heterocycles. The van der Waals surface area contributed by atoms with Gasteiger partial charge in [-0.05, 0) is 31.4 Å². The molecule has 2 heterocycles. The van der Waals surface area contributed by atoms with E-state index in [2.05, 4.69) is 22.1 Å². The quantitative estimate of drug-likeness (QED) is 0.835. The lowest BCUT2D eigenvalue weighted by atomic mass is 10.1. The average molecular weight is 276 g/mol. The summed E-state index contributed by atoms with van der Waals surface area (Å²) >= 11 is 0. The normalized spacial score (nSPS) is 16.2. The molecule has 20 heavy (non-hydrogen) atoms. The summed E-state index contributed by atoms with van der Waals surface area (Å²) in [4.78, 5) is 18.7. The van der Waals surface area contributed by atoms with Crippen molar-refractivity contribution in [1.82, 2.24) is 4.98 Å². The highest BCUT2D eigenvalue weighted by molar-refractivity contribution is 5.94. The molecule has 0 aliphatic carbocycles. The fourth-order valence-electron chi connectivity index (χ4n) is 2.59. The van der Waals surface area contributed by atoms with Crippen molar-refractivity contribution in [3.63, 3.8) is 0 Å². The third-order valence-electron chi connectivity index (χ3n) is 3.57. The van der Waals surface area contributed by atoms with Gasteiger partial charge in [-0.1, -0.05) is 13.3 Å². The van der Waals surface area contributed by atoms with Gasteiger partial charge in [0.25, 0.3) is 0 Å². The van der Waals surface area contributed by atoms with Crippen LogP contribution in [0.2, 0.25) is 0 Å². The number of hydrogen-bond donors (Lipinski definition) is 2.